The fourth-order valence-corrected chi connectivity index (χ4v) is 2.97. The zero-order chi connectivity index (χ0) is 13.4. The number of hydrogen-bond acceptors (Lipinski definition) is 3. The average Bonchev–Trinajstić information content (AvgIpc) is 2.97. The number of carbonyl (C=O) groups excluding carboxylic acids is 1. The topological polar surface area (TPSA) is 39.4 Å². The van der Waals surface area contributed by atoms with Crippen molar-refractivity contribution in [1.82, 2.24) is 0 Å². The Morgan fingerprint density at radius 2 is 2.26 bits per heavy atom. The number of benzene rings is 1. The fourth-order valence-electron chi connectivity index (χ4n) is 2.42. The molecule has 2 heterocycles. The average molecular weight is 321 g/mol. The lowest BCUT2D eigenvalue weighted by atomic mass is 10.0. The molecular formula is C15H13BrO3. The maximum absolute atomic E-state index is 12.3. The molecule has 0 atom stereocenters. The number of halogens is 1. The van der Waals surface area contributed by atoms with Gasteiger partial charge in [-0.15, -0.1) is 0 Å². The van der Waals surface area contributed by atoms with Crippen molar-refractivity contribution in [3.05, 3.63) is 51.4 Å². The maximum Gasteiger partial charge on any atom is 0.170 e. The van der Waals surface area contributed by atoms with Crippen molar-refractivity contribution in [1.29, 1.82) is 0 Å². The SMILES string of the molecule is Cc1occc1C(=O)Cc1cc(Br)cc2c1OCC2. The highest BCUT2D eigenvalue weighted by molar-refractivity contribution is 9.10. The van der Waals surface area contributed by atoms with Crippen LogP contribution in [0.2, 0.25) is 0 Å². The largest absolute Gasteiger partial charge is 0.493 e. The Morgan fingerprint density at radius 1 is 1.42 bits per heavy atom. The first kappa shape index (κ1) is 12.5. The van der Waals surface area contributed by atoms with Crippen molar-refractivity contribution in [2.24, 2.45) is 0 Å². The lowest BCUT2D eigenvalue weighted by Gasteiger charge is -2.08. The molecule has 0 saturated carbocycles. The molecule has 0 spiro atoms. The zero-order valence-corrected chi connectivity index (χ0v) is 12.1. The smallest absolute Gasteiger partial charge is 0.170 e. The van der Waals surface area contributed by atoms with Crippen LogP contribution in [-0.4, -0.2) is 12.4 Å². The van der Waals surface area contributed by atoms with Crippen LogP contribution in [0.1, 0.15) is 27.2 Å². The minimum atomic E-state index is 0.0575. The summed E-state index contributed by atoms with van der Waals surface area (Å²) in [4.78, 5) is 12.3. The van der Waals surface area contributed by atoms with E-state index in [0.717, 1.165) is 22.2 Å². The Bertz CT molecular complexity index is 643. The Balaban J connectivity index is 1.92. The Labute approximate surface area is 119 Å². The summed E-state index contributed by atoms with van der Waals surface area (Å²) in [6.07, 6.45) is 2.78. The highest BCUT2D eigenvalue weighted by atomic mass is 79.9. The molecule has 98 valence electrons. The number of ether oxygens (including phenoxy) is 1. The predicted molar refractivity (Wildman–Crippen MR) is 74.8 cm³/mol. The van der Waals surface area contributed by atoms with Crippen LogP contribution in [0.5, 0.6) is 5.75 Å². The van der Waals surface area contributed by atoms with Gasteiger partial charge < -0.3 is 9.15 Å². The van der Waals surface area contributed by atoms with Crippen molar-refractivity contribution in [2.75, 3.05) is 6.61 Å². The van der Waals surface area contributed by atoms with E-state index in [0.29, 0.717) is 24.4 Å². The van der Waals surface area contributed by atoms with E-state index in [1.165, 1.54) is 5.56 Å². The summed E-state index contributed by atoms with van der Waals surface area (Å²) in [5.74, 6) is 1.59. The van der Waals surface area contributed by atoms with Gasteiger partial charge in [-0.3, -0.25) is 4.79 Å². The summed E-state index contributed by atoms with van der Waals surface area (Å²) in [6.45, 7) is 2.49. The van der Waals surface area contributed by atoms with Crippen LogP contribution < -0.4 is 4.74 Å². The fraction of sp³-hybridized carbons (Fsp3) is 0.267. The van der Waals surface area contributed by atoms with Gasteiger partial charge in [-0.1, -0.05) is 15.9 Å². The molecule has 1 aromatic carbocycles. The first-order valence-electron chi connectivity index (χ1n) is 6.16. The summed E-state index contributed by atoms with van der Waals surface area (Å²) >= 11 is 3.48. The number of carbonyl (C=O) groups is 1. The molecule has 0 aliphatic carbocycles. The molecular weight excluding hydrogens is 308 g/mol. The number of rotatable bonds is 3. The molecule has 3 nitrogen and oxygen atoms in total. The van der Waals surface area contributed by atoms with E-state index in [1.807, 2.05) is 6.07 Å². The molecule has 1 aliphatic heterocycles. The van der Waals surface area contributed by atoms with Crippen LogP contribution >= 0.6 is 15.9 Å². The third-order valence-electron chi connectivity index (χ3n) is 3.34. The second-order valence-electron chi connectivity index (χ2n) is 4.64. The lowest BCUT2D eigenvalue weighted by molar-refractivity contribution is 0.0990. The molecule has 0 amide bonds. The molecule has 1 aromatic heterocycles. The van der Waals surface area contributed by atoms with Gasteiger partial charge in [0.05, 0.1) is 18.4 Å². The van der Waals surface area contributed by atoms with E-state index >= 15 is 0 Å². The highest BCUT2D eigenvalue weighted by Gasteiger charge is 2.20. The van der Waals surface area contributed by atoms with Gasteiger partial charge >= 0.3 is 0 Å². The number of ketones is 1. The summed E-state index contributed by atoms with van der Waals surface area (Å²) in [7, 11) is 0. The zero-order valence-electron chi connectivity index (χ0n) is 10.5. The normalized spacial score (nSPS) is 13.2. The Kier molecular flexibility index (Phi) is 3.19. The number of aryl methyl sites for hydroxylation is 1. The van der Waals surface area contributed by atoms with Gasteiger partial charge in [0.25, 0.3) is 0 Å². The second-order valence-corrected chi connectivity index (χ2v) is 5.56. The van der Waals surface area contributed by atoms with E-state index in [4.69, 9.17) is 9.15 Å². The van der Waals surface area contributed by atoms with E-state index in [1.54, 1.807) is 19.3 Å². The van der Waals surface area contributed by atoms with Crippen LogP contribution in [0.4, 0.5) is 0 Å². The minimum absolute atomic E-state index is 0.0575. The van der Waals surface area contributed by atoms with Gasteiger partial charge in [-0.2, -0.15) is 0 Å². The van der Waals surface area contributed by atoms with Gasteiger partial charge in [0.1, 0.15) is 11.5 Å². The van der Waals surface area contributed by atoms with E-state index in [-0.39, 0.29) is 5.78 Å². The maximum atomic E-state index is 12.3. The van der Waals surface area contributed by atoms with Crippen molar-refractivity contribution in [3.63, 3.8) is 0 Å². The third-order valence-corrected chi connectivity index (χ3v) is 3.79. The van der Waals surface area contributed by atoms with Crippen LogP contribution in [0.3, 0.4) is 0 Å². The first-order chi connectivity index (χ1) is 9.15. The molecule has 0 fully saturated rings. The van der Waals surface area contributed by atoms with E-state index < -0.39 is 0 Å². The first-order valence-corrected chi connectivity index (χ1v) is 6.96. The molecule has 0 saturated heterocycles. The molecule has 0 bridgehead atoms. The van der Waals surface area contributed by atoms with Crippen molar-refractivity contribution >= 4 is 21.7 Å². The molecule has 1 aliphatic rings. The lowest BCUT2D eigenvalue weighted by Crippen LogP contribution is -2.05. The summed E-state index contributed by atoms with van der Waals surface area (Å²) < 4.78 is 11.8. The molecule has 3 rings (SSSR count). The quantitative estimate of drug-likeness (QED) is 0.809. The molecule has 0 unspecified atom stereocenters. The van der Waals surface area contributed by atoms with Crippen LogP contribution in [0.25, 0.3) is 0 Å². The monoisotopic (exact) mass is 320 g/mol. The van der Waals surface area contributed by atoms with Gasteiger partial charge in [0.2, 0.25) is 0 Å². The van der Waals surface area contributed by atoms with Gasteiger partial charge in [0.15, 0.2) is 5.78 Å². The number of hydrogen-bond donors (Lipinski definition) is 0. The standard InChI is InChI=1S/C15H13BrO3/c1-9-13(3-5-18-9)14(17)8-11-7-12(16)6-10-2-4-19-15(10)11/h3,5-7H,2,4,8H2,1H3. The van der Waals surface area contributed by atoms with Crippen molar-refractivity contribution in [2.45, 2.75) is 19.8 Å². The van der Waals surface area contributed by atoms with Gasteiger partial charge in [-0.05, 0) is 30.7 Å². The van der Waals surface area contributed by atoms with Crippen molar-refractivity contribution in [3.8, 4) is 5.75 Å². The van der Waals surface area contributed by atoms with Gasteiger partial charge in [-0.25, -0.2) is 0 Å². The summed E-state index contributed by atoms with van der Waals surface area (Å²) in [5, 5.41) is 0. The Morgan fingerprint density at radius 3 is 3.00 bits per heavy atom. The molecule has 0 N–H and O–H groups in total. The summed E-state index contributed by atoms with van der Waals surface area (Å²) in [6, 6.07) is 5.73. The molecule has 4 heteroatoms. The Hall–Kier alpha value is -1.55. The predicted octanol–water partition coefficient (Wildman–Crippen LogP) is 3.71. The van der Waals surface area contributed by atoms with Crippen LogP contribution in [0, 0.1) is 6.92 Å². The number of Topliss-reactive ketones (excluding diaryl/α,β-unsaturated/α-hetero) is 1. The molecule has 2 aromatic rings. The van der Waals surface area contributed by atoms with Crippen LogP contribution in [0.15, 0.2) is 33.4 Å². The molecule has 0 radical (unpaired) electrons. The summed E-state index contributed by atoms with van der Waals surface area (Å²) in [5.41, 5.74) is 2.75. The van der Waals surface area contributed by atoms with E-state index in [2.05, 4.69) is 22.0 Å². The van der Waals surface area contributed by atoms with Crippen molar-refractivity contribution < 1.29 is 13.9 Å². The third kappa shape index (κ3) is 2.32. The van der Waals surface area contributed by atoms with Crippen LogP contribution in [-0.2, 0) is 12.8 Å². The van der Waals surface area contributed by atoms with E-state index in [9.17, 15) is 4.79 Å². The molecule has 19 heavy (non-hydrogen) atoms. The minimum Gasteiger partial charge on any atom is -0.493 e. The second kappa shape index (κ2) is 4.85. The highest BCUT2D eigenvalue weighted by Crippen LogP contribution is 2.33. The number of furan rings is 1. The van der Waals surface area contributed by atoms with Gasteiger partial charge in [0, 0.05) is 22.9 Å². The number of fused-ring (bicyclic) bond motifs is 1.